The van der Waals surface area contributed by atoms with Crippen LogP contribution in [0.5, 0.6) is 0 Å². The highest BCUT2D eigenvalue weighted by atomic mass is 35.5. The molecule has 1 aromatic rings. The van der Waals surface area contributed by atoms with Crippen molar-refractivity contribution in [1.82, 2.24) is 0 Å². The summed E-state index contributed by atoms with van der Waals surface area (Å²) < 4.78 is 5.58. The summed E-state index contributed by atoms with van der Waals surface area (Å²) in [5, 5.41) is 0.455. The average Bonchev–Trinajstić information content (AvgIpc) is 2.31. The van der Waals surface area contributed by atoms with Gasteiger partial charge in [-0.1, -0.05) is 25.4 Å². The molecule has 0 spiro atoms. The molecule has 0 aromatic heterocycles. The van der Waals surface area contributed by atoms with Gasteiger partial charge >= 0.3 is 5.97 Å². The van der Waals surface area contributed by atoms with Gasteiger partial charge in [-0.25, -0.2) is 4.79 Å². The van der Waals surface area contributed by atoms with Crippen LogP contribution in [0, 0.1) is 11.8 Å². The molecule has 4 heteroatoms. The first kappa shape index (κ1) is 14.2. The van der Waals surface area contributed by atoms with Crippen molar-refractivity contribution >= 4 is 23.3 Å². The molecule has 1 aliphatic rings. The number of hydrogen-bond acceptors (Lipinski definition) is 3. The number of ether oxygens (including phenoxy) is 1. The predicted octanol–water partition coefficient (Wildman–Crippen LogP) is 3.90. The van der Waals surface area contributed by atoms with Crippen molar-refractivity contribution in [1.29, 1.82) is 0 Å². The topological polar surface area (TPSA) is 52.3 Å². The maximum Gasteiger partial charge on any atom is 0.338 e. The second-order valence-corrected chi connectivity index (χ2v) is 6.09. The number of esters is 1. The Morgan fingerprint density at radius 3 is 2.47 bits per heavy atom. The fraction of sp³-hybridized carbons (Fsp3) is 0.533. The molecule has 0 amide bonds. The van der Waals surface area contributed by atoms with Gasteiger partial charge < -0.3 is 10.5 Å². The molecule has 0 saturated heterocycles. The number of rotatable bonds is 2. The van der Waals surface area contributed by atoms with E-state index in [-0.39, 0.29) is 12.1 Å². The van der Waals surface area contributed by atoms with Gasteiger partial charge in [0.25, 0.3) is 0 Å². The number of carbonyl (C=O) groups excluding carboxylic acids is 1. The molecule has 3 nitrogen and oxygen atoms in total. The van der Waals surface area contributed by atoms with Crippen LogP contribution in [0.3, 0.4) is 0 Å². The molecule has 1 aromatic carbocycles. The summed E-state index contributed by atoms with van der Waals surface area (Å²) in [5.74, 6) is 0.906. The Morgan fingerprint density at radius 2 is 1.89 bits per heavy atom. The van der Waals surface area contributed by atoms with Gasteiger partial charge in [-0.05, 0) is 49.3 Å². The van der Waals surface area contributed by atoms with Crippen LogP contribution in [0.4, 0.5) is 5.69 Å². The normalized spacial score (nSPS) is 27.0. The van der Waals surface area contributed by atoms with Crippen LogP contribution in [0.1, 0.15) is 43.5 Å². The Morgan fingerprint density at radius 1 is 1.26 bits per heavy atom. The predicted molar refractivity (Wildman–Crippen MR) is 77.2 cm³/mol. The maximum absolute atomic E-state index is 12.1. The third-order valence-electron chi connectivity index (χ3n) is 3.64. The molecular weight excluding hydrogens is 262 g/mol. The van der Waals surface area contributed by atoms with E-state index in [2.05, 4.69) is 13.8 Å². The first-order valence-electron chi connectivity index (χ1n) is 6.71. The van der Waals surface area contributed by atoms with Crippen LogP contribution >= 0.6 is 11.6 Å². The van der Waals surface area contributed by atoms with Crippen molar-refractivity contribution in [2.24, 2.45) is 11.8 Å². The molecule has 1 aliphatic carbocycles. The average molecular weight is 282 g/mol. The summed E-state index contributed by atoms with van der Waals surface area (Å²) in [6, 6.07) is 4.84. The van der Waals surface area contributed by atoms with Gasteiger partial charge in [0.15, 0.2) is 0 Å². The van der Waals surface area contributed by atoms with Gasteiger partial charge in [-0.3, -0.25) is 0 Å². The van der Waals surface area contributed by atoms with Crippen molar-refractivity contribution in [2.75, 3.05) is 5.73 Å². The zero-order chi connectivity index (χ0) is 14.0. The molecule has 19 heavy (non-hydrogen) atoms. The van der Waals surface area contributed by atoms with Gasteiger partial charge in [0, 0.05) is 0 Å². The van der Waals surface area contributed by atoms with E-state index in [1.165, 1.54) is 6.42 Å². The number of carbonyl (C=O) groups is 1. The number of halogens is 1. The van der Waals surface area contributed by atoms with Crippen LogP contribution in [-0.4, -0.2) is 12.1 Å². The Balaban J connectivity index is 2.02. The number of anilines is 1. The Kier molecular flexibility index (Phi) is 4.35. The highest BCUT2D eigenvalue weighted by Crippen LogP contribution is 2.31. The number of hydrogen-bond donors (Lipinski definition) is 1. The molecule has 104 valence electrons. The quantitative estimate of drug-likeness (QED) is 0.661. The first-order chi connectivity index (χ1) is 8.95. The molecule has 0 bridgehead atoms. The van der Waals surface area contributed by atoms with Crippen molar-refractivity contribution in [3.63, 3.8) is 0 Å². The lowest BCUT2D eigenvalue weighted by Gasteiger charge is -2.31. The van der Waals surface area contributed by atoms with Gasteiger partial charge in [0.05, 0.1) is 16.3 Å². The van der Waals surface area contributed by atoms with Gasteiger partial charge in [-0.2, -0.15) is 0 Å². The second kappa shape index (κ2) is 5.83. The monoisotopic (exact) mass is 281 g/mol. The Labute approximate surface area is 119 Å². The SMILES string of the molecule is CC1CC(C)CC(OC(=O)c2ccc(Cl)c(N)c2)C1. The van der Waals surface area contributed by atoms with E-state index in [9.17, 15) is 4.79 Å². The van der Waals surface area contributed by atoms with Crippen molar-refractivity contribution in [2.45, 2.75) is 39.2 Å². The smallest absolute Gasteiger partial charge is 0.338 e. The lowest BCUT2D eigenvalue weighted by molar-refractivity contribution is 0.00806. The number of benzene rings is 1. The van der Waals surface area contributed by atoms with Gasteiger partial charge in [0.2, 0.25) is 0 Å². The van der Waals surface area contributed by atoms with Gasteiger partial charge in [-0.15, -0.1) is 0 Å². The van der Waals surface area contributed by atoms with E-state index < -0.39 is 0 Å². The third kappa shape index (κ3) is 3.63. The minimum absolute atomic E-state index is 0.0168. The molecule has 1 saturated carbocycles. The molecule has 2 unspecified atom stereocenters. The second-order valence-electron chi connectivity index (χ2n) is 5.68. The largest absolute Gasteiger partial charge is 0.459 e. The van der Waals surface area contributed by atoms with E-state index in [0.717, 1.165) is 12.8 Å². The van der Waals surface area contributed by atoms with Crippen molar-refractivity contribution in [3.8, 4) is 0 Å². The molecule has 2 atom stereocenters. The number of nitrogen functional groups attached to an aromatic ring is 1. The van der Waals surface area contributed by atoms with Crippen LogP contribution in [0.15, 0.2) is 18.2 Å². The molecule has 2 N–H and O–H groups in total. The summed E-state index contributed by atoms with van der Waals surface area (Å²) in [4.78, 5) is 12.1. The van der Waals surface area contributed by atoms with Crippen LogP contribution in [0.2, 0.25) is 5.02 Å². The zero-order valence-electron chi connectivity index (χ0n) is 11.4. The first-order valence-corrected chi connectivity index (χ1v) is 7.09. The van der Waals surface area contributed by atoms with E-state index in [1.807, 2.05) is 0 Å². The highest BCUT2D eigenvalue weighted by Gasteiger charge is 2.27. The molecule has 0 radical (unpaired) electrons. The maximum atomic E-state index is 12.1. The molecular formula is C15H20ClNO2. The van der Waals surface area contributed by atoms with Crippen LogP contribution in [0.25, 0.3) is 0 Å². The summed E-state index contributed by atoms with van der Waals surface area (Å²) in [6.07, 6.45) is 3.11. The lowest BCUT2D eigenvalue weighted by Crippen LogP contribution is -2.28. The zero-order valence-corrected chi connectivity index (χ0v) is 12.1. The van der Waals surface area contributed by atoms with E-state index in [1.54, 1.807) is 18.2 Å². The standard InChI is InChI=1S/C15H20ClNO2/c1-9-5-10(2)7-12(6-9)19-15(18)11-3-4-13(16)14(17)8-11/h3-4,8-10,12H,5-7,17H2,1-2H3. The Bertz CT molecular complexity index is 465. The minimum atomic E-state index is -0.310. The van der Waals surface area contributed by atoms with Crippen molar-refractivity contribution in [3.05, 3.63) is 28.8 Å². The summed E-state index contributed by atoms with van der Waals surface area (Å²) >= 11 is 5.84. The fourth-order valence-electron chi connectivity index (χ4n) is 2.86. The van der Waals surface area contributed by atoms with Crippen molar-refractivity contribution < 1.29 is 9.53 Å². The minimum Gasteiger partial charge on any atom is -0.459 e. The van der Waals surface area contributed by atoms with E-state index in [0.29, 0.717) is 28.1 Å². The van der Waals surface area contributed by atoms with Crippen LogP contribution < -0.4 is 5.73 Å². The van der Waals surface area contributed by atoms with E-state index in [4.69, 9.17) is 22.1 Å². The third-order valence-corrected chi connectivity index (χ3v) is 3.98. The fourth-order valence-corrected chi connectivity index (χ4v) is 2.98. The number of nitrogens with two attached hydrogens (primary N) is 1. The highest BCUT2D eigenvalue weighted by molar-refractivity contribution is 6.33. The van der Waals surface area contributed by atoms with Gasteiger partial charge in [0.1, 0.15) is 6.10 Å². The summed E-state index contributed by atoms with van der Waals surface area (Å²) in [5.41, 5.74) is 6.57. The summed E-state index contributed by atoms with van der Waals surface area (Å²) in [7, 11) is 0. The molecule has 1 fully saturated rings. The van der Waals surface area contributed by atoms with E-state index >= 15 is 0 Å². The van der Waals surface area contributed by atoms with Crippen LogP contribution in [-0.2, 0) is 4.74 Å². The Hall–Kier alpha value is -1.22. The molecule has 2 rings (SSSR count). The lowest BCUT2D eigenvalue weighted by atomic mass is 9.82. The summed E-state index contributed by atoms with van der Waals surface area (Å²) in [6.45, 7) is 4.41. The molecule has 0 aliphatic heterocycles. The molecule has 0 heterocycles.